The highest BCUT2D eigenvalue weighted by Crippen LogP contribution is 2.34. The van der Waals surface area contributed by atoms with Crippen molar-refractivity contribution in [2.75, 3.05) is 5.32 Å². The minimum Gasteiger partial charge on any atom is -0.347 e. The zero-order valence-electron chi connectivity index (χ0n) is 16.9. The highest BCUT2D eigenvalue weighted by molar-refractivity contribution is 9.10. The van der Waals surface area contributed by atoms with Crippen LogP contribution in [-0.4, -0.2) is 37.6 Å². The number of nitrogens with zero attached hydrogens (tertiary/aromatic N) is 4. The molecule has 0 unspecified atom stereocenters. The Morgan fingerprint density at radius 3 is 2.23 bits per heavy atom. The lowest BCUT2D eigenvalue weighted by atomic mass is 10.1. The molecule has 3 aromatic rings. The smallest absolute Gasteiger partial charge is 0.255 e. The van der Waals surface area contributed by atoms with Gasteiger partial charge in [-0.1, -0.05) is 15.9 Å². The molecule has 0 aliphatic heterocycles. The van der Waals surface area contributed by atoms with E-state index in [0.717, 1.165) is 9.37 Å². The largest absolute Gasteiger partial charge is 0.347 e. The Kier molecular flexibility index (Phi) is 6.57. The molecule has 0 saturated heterocycles. The minimum atomic E-state index is -0.333. The summed E-state index contributed by atoms with van der Waals surface area (Å²) >= 11 is 4.78. The van der Waals surface area contributed by atoms with Gasteiger partial charge in [-0.15, -0.1) is 5.10 Å². The lowest BCUT2D eigenvalue weighted by Gasteiger charge is -2.20. The van der Waals surface area contributed by atoms with E-state index in [2.05, 4.69) is 42.1 Å². The Bertz CT molecular complexity index is 1080. The molecule has 0 radical (unpaired) electrons. The first kappa shape index (κ1) is 22.0. The van der Waals surface area contributed by atoms with Crippen molar-refractivity contribution in [3.8, 4) is 0 Å². The van der Waals surface area contributed by atoms with Gasteiger partial charge in [0.2, 0.25) is 5.16 Å². The van der Waals surface area contributed by atoms with Gasteiger partial charge in [-0.25, -0.2) is 4.68 Å². The van der Waals surface area contributed by atoms with Gasteiger partial charge in [0.25, 0.3) is 11.8 Å². The molecule has 2 aromatic carbocycles. The van der Waals surface area contributed by atoms with E-state index in [0.29, 0.717) is 22.0 Å². The maximum absolute atomic E-state index is 12.8. The average Bonchev–Trinajstić information content (AvgIpc) is 3.07. The zero-order valence-corrected chi connectivity index (χ0v) is 19.3. The fraction of sp³-hybridized carbons (Fsp3) is 0.250. The molecule has 0 saturated carbocycles. The quantitative estimate of drug-likeness (QED) is 0.564. The van der Waals surface area contributed by atoms with Crippen molar-refractivity contribution in [2.45, 2.75) is 36.4 Å². The van der Waals surface area contributed by atoms with Crippen LogP contribution in [0.15, 0.2) is 57.0 Å². The molecule has 3 rings (SSSR count). The number of aromatic nitrogens is 4. The van der Waals surface area contributed by atoms with Crippen LogP contribution >= 0.6 is 27.7 Å². The SMILES string of the molecule is Cn1nnnc1Sc1ccc(Br)cc1NC(=O)c1ccc(C(=O)NC(C)(C)C)cc1. The van der Waals surface area contributed by atoms with Gasteiger partial charge in [-0.2, -0.15) is 0 Å². The molecule has 0 aliphatic carbocycles. The lowest BCUT2D eigenvalue weighted by molar-refractivity contribution is 0.0918. The first-order valence-electron chi connectivity index (χ1n) is 9.06. The van der Waals surface area contributed by atoms with Gasteiger partial charge < -0.3 is 10.6 Å². The van der Waals surface area contributed by atoms with Gasteiger partial charge in [0.1, 0.15) is 0 Å². The number of halogens is 1. The van der Waals surface area contributed by atoms with E-state index in [-0.39, 0.29) is 17.4 Å². The number of nitrogens with one attached hydrogen (secondary N) is 2. The third-order valence-corrected chi connectivity index (χ3v) is 5.47. The third kappa shape index (κ3) is 5.67. The molecule has 2 amide bonds. The second kappa shape index (κ2) is 8.97. The van der Waals surface area contributed by atoms with Crippen molar-refractivity contribution in [2.24, 2.45) is 7.05 Å². The molecule has 30 heavy (non-hydrogen) atoms. The molecule has 156 valence electrons. The second-order valence-electron chi connectivity index (χ2n) is 7.56. The van der Waals surface area contributed by atoms with Crippen LogP contribution in [0, 0.1) is 0 Å². The van der Waals surface area contributed by atoms with Crippen molar-refractivity contribution >= 4 is 45.2 Å². The number of benzene rings is 2. The number of rotatable bonds is 5. The molecular formula is C20H21BrN6O2S. The van der Waals surface area contributed by atoms with Gasteiger partial charge in [0.15, 0.2) is 0 Å². The van der Waals surface area contributed by atoms with Crippen molar-refractivity contribution in [1.29, 1.82) is 0 Å². The minimum absolute atomic E-state index is 0.183. The van der Waals surface area contributed by atoms with Crippen LogP contribution in [0.3, 0.4) is 0 Å². The van der Waals surface area contributed by atoms with E-state index in [1.165, 1.54) is 11.8 Å². The van der Waals surface area contributed by atoms with E-state index in [1.54, 1.807) is 36.0 Å². The summed E-state index contributed by atoms with van der Waals surface area (Å²) in [6, 6.07) is 12.1. The third-order valence-electron chi connectivity index (χ3n) is 3.87. The molecular weight excluding hydrogens is 468 g/mol. The van der Waals surface area contributed by atoms with Crippen molar-refractivity contribution in [1.82, 2.24) is 25.5 Å². The molecule has 0 aliphatic rings. The standard InChI is InChI=1S/C20H21BrN6O2S/c1-20(2,3)23-18(29)13-7-5-12(6-8-13)17(28)22-15-11-14(21)9-10-16(15)30-19-24-25-26-27(19)4/h5-11H,1-4H3,(H,22,28)(H,23,29). The van der Waals surface area contributed by atoms with Gasteiger partial charge in [0.05, 0.1) is 5.69 Å². The summed E-state index contributed by atoms with van der Waals surface area (Å²) in [6.45, 7) is 5.74. The van der Waals surface area contributed by atoms with Crippen LogP contribution in [0.1, 0.15) is 41.5 Å². The summed E-state index contributed by atoms with van der Waals surface area (Å²) in [5, 5.41) is 17.8. The van der Waals surface area contributed by atoms with Crippen LogP contribution in [0.25, 0.3) is 0 Å². The first-order valence-corrected chi connectivity index (χ1v) is 10.7. The zero-order chi connectivity index (χ0) is 21.9. The van der Waals surface area contributed by atoms with Crippen LogP contribution in [0.4, 0.5) is 5.69 Å². The van der Waals surface area contributed by atoms with Gasteiger partial charge in [-0.05, 0) is 85.4 Å². The summed E-state index contributed by atoms with van der Waals surface area (Å²) in [7, 11) is 1.75. The molecule has 10 heteroatoms. The predicted octanol–water partition coefficient (Wildman–Crippen LogP) is 3.90. The maximum atomic E-state index is 12.8. The number of aryl methyl sites for hydroxylation is 1. The Morgan fingerprint density at radius 1 is 1.03 bits per heavy atom. The molecule has 8 nitrogen and oxygen atoms in total. The van der Waals surface area contributed by atoms with E-state index in [9.17, 15) is 9.59 Å². The monoisotopic (exact) mass is 488 g/mol. The maximum Gasteiger partial charge on any atom is 0.255 e. The number of anilines is 1. The van der Waals surface area contributed by atoms with Crippen molar-refractivity contribution in [3.05, 3.63) is 58.1 Å². The van der Waals surface area contributed by atoms with E-state index in [4.69, 9.17) is 0 Å². The van der Waals surface area contributed by atoms with Gasteiger partial charge in [0, 0.05) is 33.1 Å². The topological polar surface area (TPSA) is 102 Å². The van der Waals surface area contributed by atoms with E-state index < -0.39 is 0 Å². The number of hydrogen-bond acceptors (Lipinski definition) is 6. The van der Waals surface area contributed by atoms with E-state index in [1.807, 2.05) is 39.0 Å². The number of hydrogen-bond donors (Lipinski definition) is 2. The van der Waals surface area contributed by atoms with E-state index >= 15 is 0 Å². The average molecular weight is 489 g/mol. The summed E-state index contributed by atoms with van der Waals surface area (Å²) < 4.78 is 2.38. The highest BCUT2D eigenvalue weighted by atomic mass is 79.9. The molecule has 0 atom stereocenters. The summed E-state index contributed by atoms with van der Waals surface area (Å²) in [5.41, 5.74) is 1.23. The molecule has 0 spiro atoms. The molecule has 0 fully saturated rings. The Balaban J connectivity index is 1.76. The first-order chi connectivity index (χ1) is 14.1. The molecule has 2 N–H and O–H groups in total. The summed E-state index contributed by atoms with van der Waals surface area (Å²) in [4.78, 5) is 25.8. The van der Waals surface area contributed by atoms with Crippen LogP contribution < -0.4 is 10.6 Å². The second-order valence-corrected chi connectivity index (χ2v) is 9.49. The van der Waals surface area contributed by atoms with Gasteiger partial charge in [-0.3, -0.25) is 9.59 Å². The van der Waals surface area contributed by atoms with Crippen LogP contribution in [0.5, 0.6) is 0 Å². The number of tetrazole rings is 1. The number of carbonyl (C=O) groups is 2. The fourth-order valence-electron chi connectivity index (χ4n) is 2.48. The van der Waals surface area contributed by atoms with Crippen LogP contribution in [0.2, 0.25) is 0 Å². The number of carbonyl (C=O) groups excluding carboxylic acids is 2. The fourth-order valence-corrected chi connectivity index (χ4v) is 3.63. The summed E-state index contributed by atoms with van der Waals surface area (Å²) in [5.74, 6) is -0.466. The van der Waals surface area contributed by atoms with Crippen molar-refractivity contribution in [3.63, 3.8) is 0 Å². The Hall–Kier alpha value is -2.72. The molecule has 1 aromatic heterocycles. The normalized spacial score (nSPS) is 11.2. The van der Waals surface area contributed by atoms with Gasteiger partial charge >= 0.3 is 0 Å². The Labute approximate surface area is 186 Å². The van der Waals surface area contributed by atoms with Crippen LogP contribution in [-0.2, 0) is 7.05 Å². The molecule has 0 bridgehead atoms. The van der Waals surface area contributed by atoms with Crippen molar-refractivity contribution < 1.29 is 9.59 Å². The lowest BCUT2D eigenvalue weighted by Crippen LogP contribution is -2.40. The predicted molar refractivity (Wildman–Crippen MR) is 119 cm³/mol. The number of amides is 2. The summed E-state index contributed by atoms with van der Waals surface area (Å²) in [6.07, 6.45) is 0. The Morgan fingerprint density at radius 2 is 1.67 bits per heavy atom. The molecule has 1 heterocycles. The highest BCUT2D eigenvalue weighted by Gasteiger charge is 2.17.